The van der Waals surface area contributed by atoms with Crippen LogP contribution in [0.3, 0.4) is 0 Å². The largest absolute Gasteiger partial charge is 0.462 e. The fourth-order valence-corrected chi connectivity index (χ4v) is 5.23. The van der Waals surface area contributed by atoms with E-state index in [9.17, 15) is 43.2 Å². The van der Waals surface area contributed by atoms with E-state index < -0.39 is 23.3 Å². The quantitative estimate of drug-likeness (QED) is 0.0500. The monoisotopic (exact) mass is 885 g/mol. The Kier molecular flexibility index (Phi) is 22.7. The molecule has 348 valence electrons. The molecular weight excluding hydrogens is 823 g/mol. The first kappa shape index (κ1) is 55.2. The van der Waals surface area contributed by atoms with Crippen LogP contribution in [-0.2, 0) is 71.6 Å². The molecule has 0 spiro atoms. The average molecular weight is 886 g/mol. The van der Waals surface area contributed by atoms with Crippen LogP contribution < -0.4 is 0 Å². The maximum Gasteiger partial charge on any atom is 0.333 e. The van der Waals surface area contributed by atoms with Gasteiger partial charge in [-0.1, -0.05) is 33.6 Å². The first-order valence-corrected chi connectivity index (χ1v) is 20.1. The van der Waals surface area contributed by atoms with E-state index in [2.05, 4.69) is 19.7 Å². The molecule has 0 aromatic rings. The minimum Gasteiger partial charge on any atom is -0.462 e. The summed E-state index contributed by atoms with van der Waals surface area (Å²) >= 11 is 0. The molecule has 0 bridgehead atoms. The van der Waals surface area contributed by atoms with Crippen LogP contribution in [0.2, 0.25) is 0 Å². The van der Waals surface area contributed by atoms with Crippen molar-refractivity contribution in [3.8, 4) is 0 Å². The van der Waals surface area contributed by atoms with E-state index in [0.717, 1.165) is 4.90 Å². The van der Waals surface area contributed by atoms with Crippen molar-refractivity contribution in [1.82, 2.24) is 14.7 Å². The molecule has 0 atom stereocenters. The number of carbonyl (C=O) groups excluding carboxylic acids is 9. The molecular formula is C45H63N3O15. The molecule has 18 nitrogen and oxygen atoms in total. The van der Waals surface area contributed by atoms with Crippen molar-refractivity contribution in [2.45, 2.75) is 76.2 Å². The molecule has 0 radical (unpaired) electrons. The van der Waals surface area contributed by atoms with Crippen LogP contribution in [0.4, 0.5) is 0 Å². The normalized spacial score (nSPS) is 15.2. The lowest BCUT2D eigenvalue weighted by Gasteiger charge is -2.28. The standard InChI is InChI=1S/C16H23NO6.C15H21NO4.C14H19NO5/c1-11(2)16(20)23-10-9-22-8-7-21-6-5-17-14(18)12(3)13(4)15(17)19;1-9(2)14(19)20-8-15(5,6)7-16-12(17)10(3)11(4)13(16)18;1-9(2)14(18)20-8-7-19-6-5-15-12(16)10(3)11(4)13(15)17/h1,5-10H2,2-4H3;1,7-8H2,2-6H3;1,5-8H2,2-4H3. The number of nitrogens with zero attached hydrogens (tertiary/aromatic N) is 3. The molecule has 63 heavy (non-hydrogen) atoms. The van der Waals surface area contributed by atoms with Crippen molar-refractivity contribution < 1.29 is 71.6 Å². The smallest absolute Gasteiger partial charge is 0.333 e. The van der Waals surface area contributed by atoms with Crippen LogP contribution in [0, 0.1) is 5.41 Å². The zero-order valence-corrected chi connectivity index (χ0v) is 38.6. The second-order valence-electron chi connectivity index (χ2n) is 15.7. The van der Waals surface area contributed by atoms with E-state index >= 15 is 0 Å². The van der Waals surface area contributed by atoms with Crippen LogP contribution in [0.5, 0.6) is 0 Å². The SMILES string of the molecule is C=C(C)C(=O)OCC(C)(C)CN1C(=O)C(C)=C(C)C1=O.C=C(C)C(=O)OCCOCCN1C(=O)C(C)=C(C)C1=O.C=C(C)C(=O)OCCOCCOCCN1C(=O)C(C)=C(C)C1=O. The van der Waals surface area contributed by atoms with E-state index in [4.69, 9.17) is 28.4 Å². The van der Waals surface area contributed by atoms with Crippen LogP contribution in [0.25, 0.3) is 0 Å². The van der Waals surface area contributed by atoms with Crippen LogP contribution >= 0.6 is 0 Å². The predicted octanol–water partition coefficient (Wildman–Crippen LogP) is 3.51. The van der Waals surface area contributed by atoms with Crippen molar-refractivity contribution in [1.29, 1.82) is 0 Å². The topological polar surface area (TPSA) is 219 Å². The van der Waals surface area contributed by atoms with Crippen LogP contribution in [0.15, 0.2) is 69.9 Å². The third-order valence-electron chi connectivity index (χ3n) is 9.52. The summed E-state index contributed by atoms with van der Waals surface area (Å²) in [6.45, 7) is 31.3. The summed E-state index contributed by atoms with van der Waals surface area (Å²) in [5.74, 6) is -2.98. The van der Waals surface area contributed by atoms with Gasteiger partial charge >= 0.3 is 17.9 Å². The van der Waals surface area contributed by atoms with Gasteiger partial charge in [-0.05, 0) is 62.3 Å². The Morgan fingerprint density at radius 1 is 0.429 bits per heavy atom. The first-order chi connectivity index (χ1) is 29.3. The predicted molar refractivity (Wildman–Crippen MR) is 229 cm³/mol. The summed E-state index contributed by atoms with van der Waals surface area (Å²) in [7, 11) is 0. The lowest BCUT2D eigenvalue weighted by Crippen LogP contribution is -2.41. The van der Waals surface area contributed by atoms with Gasteiger partial charge in [-0.2, -0.15) is 0 Å². The number of carbonyl (C=O) groups is 9. The Balaban J connectivity index is 0.000000474. The van der Waals surface area contributed by atoms with Crippen molar-refractivity contribution in [3.05, 3.63) is 69.9 Å². The highest BCUT2D eigenvalue weighted by molar-refractivity contribution is 6.20. The highest BCUT2D eigenvalue weighted by Gasteiger charge is 2.38. The van der Waals surface area contributed by atoms with Crippen LogP contribution in [-0.4, -0.2) is 147 Å². The highest BCUT2D eigenvalue weighted by Crippen LogP contribution is 2.26. The summed E-state index contributed by atoms with van der Waals surface area (Å²) in [6, 6.07) is 0. The first-order valence-electron chi connectivity index (χ1n) is 20.1. The minimum absolute atomic E-state index is 0.115. The van der Waals surface area contributed by atoms with Gasteiger partial charge in [0.2, 0.25) is 0 Å². The van der Waals surface area contributed by atoms with Gasteiger partial charge in [0.05, 0.1) is 59.3 Å². The Morgan fingerprint density at radius 2 is 0.683 bits per heavy atom. The molecule has 18 heteroatoms. The molecule has 3 aliphatic heterocycles. The van der Waals surface area contributed by atoms with Gasteiger partial charge in [-0.3, -0.25) is 43.5 Å². The van der Waals surface area contributed by atoms with Crippen molar-refractivity contribution >= 4 is 53.4 Å². The number of amides is 6. The Bertz CT molecular complexity index is 1880. The van der Waals surface area contributed by atoms with Gasteiger partial charge in [0.1, 0.15) is 13.2 Å². The fourth-order valence-electron chi connectivity index (χ4n) is 5.23. The van der Waals surface area contributed by atoms with Crippen molar-refractivity contribution in [2.75, 3.05) is 79.1 Å². The lowest BCUT2D eigenvalue weighted by atomic mass is 9.94. The number of hydrogen-bond donors (Lipinski definition) is 0. The molecule has 0 aromatic heterocycles. The van der Waals surface area contributed by atoms with E-state index in [0.29, 0.717) is 63.4 Å². The highest BCUT2D eigenvalue weighted by atomic mass is 16.6. The average Bonchev–Trinajstić information content (AvgIpc) is 3.62. The summed E-state index contributed by atoms with van der Waals surface area (Å²) in [4.78, 5) is 108. The second-order valence-corrected chi connectivity index (χ2v) is 15.7. The molecule has 3 heterocycles. The summed E-state index contributed by atoms with van der Waals surface area (Å²) in [6.07, 6.45) is 0. The third kappa shape index (κ3) is 17.1. The third-order valence-corrected chi connectivity index (χ3v) is 9.52. The molecule has 0 aliphatic carbocycles. The Hall–Kier alpha value is -5.85. The maximum atomic E-state index is 12.0. The lowest BCUT2D eigenvalue weighted by molar-refractivity contribution is -0.145. The Labute approximate surface area is 369 Å². The number of imide groups is 3. The molecule has 3 rings (SSSR count). The number of hydrogen-bond acceptors (Lipinski definition) is 15. The van der Waals surface area contributed by atoms with Gasteiger partial charge in [-0.25, -0.2) is 14.4 Å². The zero-order chi connectivity index (χ0) is 48.4. The molecule has 0 saturated carbocycles. The van der Waals surface area contributed by atoms with Crippen molar-refractivity contribution in [3.63, 3.8) is 0 Å². The molecule has 0 saturated heterocycles. The maximum absolute atomic E-state index is 12.0. The molecule has 0 fully saturated rings. The van der Waals surface area contributed by atoms with Crippen molar-refractivity contribution in [2.24, 2.45) is 5.41 Å². The van der Waals surface area contributed by atoms with Gasteiger partial charge in [-0.15, -0.1) is 0 Å². The molecule has 0 N–H and O–H groups in total. The van der Waals surface area contributed by atoms with E-state index in [1.807, 2.05) is 13.8 Å². The fraction of sp³-hybridized carbons (Fsp3) is 0.533. The molecule has 3 aliphatic rings. The van der Waals surface area contributed by atoms with Gasteiger partial charge in [0.15, 0.2) is 0 Å². The van der Waals surface area contributed by atoms with Gasteiger partial charge in [0.25, 0.3) is 35.4 Å². The number of rotatable bonds is 22. The minimum atomic E-state index is -0.513. The summed E-state index contributed by atoms with van der Waals surface area (Å²) < 4.78 is 30.5. The molecule has 6 amide bonds. The number of ether oxygens (including phenoxy) is 6. The molecule has 0 aromatic carbocycles. The number of esters is 3. The van der Waals surface area contributed by atoms with E-state index in [1.54, 1.807) is 62.3 Å². The summed E-state index contributed by atoms with van der Waals surface area (Å²) in [5, 5.41) is 0. The summed E-state index contributed by atoms with van der Waals surface area (Å²) in [5.41, 5.74) is 3.37. The second kappa shape index (κ2) is 25.9. The van der Waals surface area contributed by atoms with E-state index in [-0.39, 0.29) is 101 Å². The molecule has 0 unspecified atom stereocenters. The van der Waals surface area contributed by atoms with Gasteiger partial charge in [0, 0.05) is 62.1 Å². The Morgan fingerprint density at radius 3 is 0.984 bits per heavy atom. The zero-order valence-electron chi connectivity index (χ0n) is 38.6. The van der Waals surface area contributed by atoms with Gasteiger partial charge < -0.3 is 28.4 Å². The van der Waals surface area contributed by atoms with E-state index in [1.165, 1.54) is 9.80 Å². The van der Waals surface area contributed by atoms with Crippen LogP contribution in [0.1, 0.15) is 76.2 Å².